The van der Waals surface area contributed by atoms with Crippen LogP contribution in [-0.2, 0) is 10.0 Å². The lowest BCUT2D eigenvalue weighted by Crippen LogP contribution is -2.39. The van der Waals surface area contributed by atoms with Gasteiger partial charge < -0.3 is 5.73 Å². The zero-order valence-corrected chi connectivity index (χ0v) is 12.0. The van der Waals surface area contributed by atoms with Crippen molar-refractivity contribution in [3.63, 3.8) is 0 Å². The first kappa shape index (κ1) is 14.1. The Labute approximate surface area is 117 Å². The molecule has 0 radical (unpaired) electrons. The lowest BCUT2D eigenvalue weighted by atomic mass is 10.2. The molecule has 100 valence electrons. The lowest BCUT2D eigenvalue weighted by molar-refractivity contribution is 0.393. The van der Waals surface area contributed by atoms with Crippen molar-refractivity contribution in [3.05, 3.63) is 28.2 Å². The van der Waals surface area contributed by atoms with E-state index in [1.54, 1.807) is 12.1 Å². The van der Waals surface area contributed by atoms with Crippen molar-refractivity contribution in [2.45, 2.75) is 23.8 Å². The molecule has 1 saturated heterocycles. The number of rotatable bonds is 3. The average molecular weight is 309 g/mol. The standard InChI is InChI=1S/C11H14Cl2N2O2S/c12-9-4-1-5-10(11(9)13)18(16,17)15-6-2-3-8(15)7-14/h1,4-5,8H,2-3,6-7,14H2. The average Bonchev–Trinajstić information content (AvgIpc) is 2.81. The van der Waals surface area contributed by atoms with E-state index in [2.05, 4.69) is 0 Å². The molecular formula is C11H14Cl2N2O2S. The third-order valence-electron chi connectivity index (χ3n) is 3.10. The minimum atomic E-state index is -3.62. The molecule has 0 amide bonds. The van der Waals surface area contributed by atoms with Gasteiger partial charge in [0.25, 0.3) is 0 Å². The maximum Gasteiger partial charge on any atom is 0.244 e. The number of benzene rings is 1. The summed E-state index contributed by atoms with van der Waals surface area (Å²) >= 11 is 11.8. The van der Waals surface area contributed by atoms with Crippen molar-refractivity contribution in [2.75, 3.05) is 13.1 Å². The summed E-state index contributed by atoms with van der Waals surface area (Å²) in [6.07, 6.45) is 1.60. The highest BCUT2D eigenvalue weighted by Crippen LogP contribution is 2.33. The van der Waals surface area contributed by atoms with Crippen molar-refractivity contribution in [2.24, 2.45) is 5.73 Å². The topological polar surface area (TPSA) is 63.4 Å². The first-order valence-corrected chi connectivity index (χ1v) is 7.84. The predicted molar refractivity (Wildman–Crippen MR) is 72.4 cm³/mol. The molecule has 4 nitrogen and oxygen atoms in total. The summed E-state index contributed by atoms with van der Waals surface area (Å²) in [5.74, 6) is 0. The molecule has 0 aliphatic carbocycles. The summed E-state index contributed by atoms with van der Waals surface area (Å²) in [7, 11) is -3.62. The van der Waals surface area contributed by atoms with Crippen LogP contribution in [0.2, 0.25) is 10.0 Å². The highest BCUT2D eigenvalue weighted by Gasteiger charge is 2.35. The first-order valence-electron chi connectivity index (χ1n) is 5.64. The fourth-order valence-corrected chi connectivity index (χ4v) is 4.61. The molecule has 0 aromatic heterocycles. The number of hydrogen-bond donors (Lipinski definition) is 1. The summed E-state index contributed by atoms with van der Waals surface area (Å²) in [4.78, 5) is 0.0528. The van der Waals surface area contributed by atoms with Crippen LogP contribution in [0.15, 0.2) is 23.1 Å². The van der Waals surface area contributed by atoms with Gasteiger partial charge in [-0.1, -0.05) is 29.3 Å². The van der Waals surface area contributed by atoms with Crippen LogP contribution in [0.1, 0.15) is 12.8 Å². The zero-order chi connectivity index (χ0) is 13.3. The molecule has 1 aromatic carbocycles. The van der Waals surface area contributed by atoms with Gasteiger partial charge in [0.05, 0.1) is 10.0 Å². The molecule has 1 unspecified atom stereocenters. The third-order valence-corrected chi connectivity index (χ3v) is 6.02. The van der Waals surface area contributed by atoms with Gasteiger partial charge in [-0.05, 0) is 25.0 Å². The van der Waals surface area contributed by atoms with Crippen molar-refractivity contribution in [3.8, 4) is 0 Å². The molecule has 1 aromatic rings. The predicted octanol–water partition coefficient (Wildman–Crippen LogP) is 2.11. The van der Waals surface area contributed by atoms with Crippen LogP contribution in [0.5, 0.6) is 0 Å². The number of nitrogens with zero attached hydrogens (tertiary/aromatic N) is 1. The Balaban J connectivity index is 2.45. The van der Waals surface area contributed by atoms with E-state index < -0.39 is 10.0 Å². The van der Waals surface area contributed by atoms with Gasteiger partial charge in [-0.15, -0.1) is 0 Å². The molecule has 2 N–H and O–H groups in total. The van der Waals surface area contributed by atoms with E-state index in [4.69, 9.17) is 28.9 Å². The van der Waals surface area contributed by atoms with E-state index in [1.165, 1.54) is 10.4 Å². The van der Waals surface area contributed by atoms with Crippen molar-refractivity contribution >= 4 is 33.2 Å². The highest BCUT2D eigenvalue weighted by atomic mass is 35.5. The molecule has 0 saturated carbocycles. The van der Waals surface area contributed by atoms with Crippen LogP contribution in [-0.4, -0.2) is 31.9 Å². The highest BCUT2D eigenvalue weighted by molar-refractivity contribution is 7.89. The van der Waals surface area contributed by atoms with Gasteiger partial charge in [-0.3, -0.25) is 0 Å². The van der Waals surface area contributed by atoms with E-state index in [1.807, 2.05) is 0 Å². The Morgan fingerprint density at radius 2 is 2.11 bits per heavy atom. The maximum absolute atomic E-state index is 12.5. The van der Waals surface area contributed by atoms with Crippen molar-refractivity contribution in [1.29, 1.82) is 0 Å². The van der Waals surface area contributed by atoms with E-state index in [0.29, 0.717) is 13.1 Å². The second-order valence-corrected chi connectivity index (χ2v) is 6.84. The molecule has 1 aliphatic heterocycles. The molecule has 2 rings (SSSR count). The van der Waals surface area contributed by atoms with Gasteiger partial charge in [0.1, 0.15) is 4.90 Å². The first-order chi connectivity index (χ1) is 8.48. The summed E-state index contributed by atoms with van der Waals surface area (Å²) in [5.41, 5.74) is 5.60. The van der Waals surface area contributed by atoms with Crippen LogP contribution >= 0.6 is 23.2 Å². The van der Waals surface area contributed by atoms with E-state index in [0.717, 1.165) is 12.8 Å². The van der Waals surface area contributed by atoms with Gasteiger partial charge in [0.2, 0.25) is 10.0 Å². The zero-order valence-electron chi connectivity index (χ0n) is 9.64. The Kier molecular flexibility index (Phi) is 4.18. The number of nitrogens with two attached hydrogens (primary N) is 1. The minimum absolute atomic E-state index is 0.0528. The van der Waals surface area contributed by atoms with Gasteiger partial charge in [0.15, 0.2) is 0 Å². The monoisotopic (exact) mass is 308 g/mol. The summed E-state index contributed by atoms with van der Waals surface area (Å²) in [5, 5.41) is 0.308. The molecule has 1 aliphatic rings. The lowest BCUT2D eigenvalue weighted by Gasteiger charge is -2.23. The largest absolute Gasteiger partial charge is 0.329 e. The second-order valence-electron chi connectivity index (χ2n) is 4.20. The van der Waals surface area contributed by atoms with Gasteiger partial charge in [-0.2, -0.15) is 4.31 Å². The number of sulfonamides is 1. The summed E-state index contributed by atoms with van der Waals surface area (Å²) in [6.45, 7) is 0.796. The van der Waals surface area contributed by atoms with E-state index in [-0.39, 0.29) is 21.0 Å². The molecule has 1 heterocycles. The number of halogens is 2. The normalized spacial score (nSPS) is 21.4. The van der Waals surface area contributed by atoms with Crippen molar-refractivity contribution in [1.82, 2.24) is 4.31 Å². The Morgan fingerprint density at radius 3 is 2.78 bits per heavy atom. The van der Waals surface area contributed by atoms with Crippen LogP contribution in [0.3, 0.4) is 0 Å². The smallest absolute Gasteiger partial charge is 0.244 e. The molecule has 7 heteroatoms. The molecule has 0 bridgehead atoms. The minimum Gasteiger partial charge on any atom is -0.329 e. The molecule has 0 spiro atoms. The maximum atomic E-state index is 12.5. The van der Waals surface area contributed by atoms with E-state index in [9.17, 15) is 8.42 Å². The van der Waals surface area contributed by atoms with Gasteiger partial charge in [-0.25, -0.2) is 8.42 Å². The van der Waals surface area contributed by atoms with Crippen molar-refractivity contribution < 1.29 is 8.42 Å². The van der Waals surface area contributed by atoms with Crippen LogP contribution in [0.4, 0.5) is 0 Å². The molecule has 18 heavy (non-hydrogen) atoms. The van der Waals surface area contributed by atoms with Gasteiger partial charge in [0, 0.05) is 19.1 Å². The Morgan fingerprint density at radius 1 is 1.39 bits per heavy atom. The fraction of sp³-hybridized carbons (Fsp3) is 0.455. The van der Waals surface area contributed by atoms with Gasteiger partial charge >= 0.3 is 0 Å². The number of hydrogen-bond acceptors (Lipinski definition) is 3. The SMILES string of the molecule is NCC1CCCN1S(=O)(=O)c1cccc(Cl)c1Cl. The van der Waals surface area contributed by atoms with Crippen LogP contribution in [0.25, 0.3) is 0 Å². The third kappa shape index (κ3) is 2.38. The molecule has 1 atom stereocenters. The van der Waals surface area contributed by atoms with Crippen LogP contribution < -0.4 is 5.73 Å². The summed E-state index contributed by atoms with van der Waals surface area (Å²) < 4.78 is 26.4. The molecular weight excluding hydrogens is 295 g/mol. The molecule has 1 fully saturated rings. The summed E-state index contributed by atoms with van der Waals surface area (Å²) in [6, 6.07) is 4.46. The van der Waals surface area contributed by atoms with Crippen LogP contribution in [0, 0.1) is 0 Å². The Bertz CT molecular complexity index is 548. The fourth-order valence-electron chi connectivity index (χ4n) is 2.17. The van der Waals surface area contributed by atoms with E-state index >= 15 is 0 Å². The Hall–Kier alpha value is -0.330. The second kappa shape index (κ2) is 5.35. The quantitative estimate of drug-likeness (QED) is 0.930.